The summed E-state index contributed by atoms with van der Waals surface area (Å²) in [5, 5.41) is 2.31. The number of aromatic nitrogens is 2. The van der Waals surface area contributed by atoms with Gasteiger partial charge in [0.1, 0.15) is 6.61 Å². The Kier molecular flexibility index (Phi) is 5.20. The third kappa shape index (κ3) is 3.96. The van der Waals surface area contributed by atoms with Crippen LogP contribution in [-0.4, -0.2) is 15.9 Å². The molecule has 0 aliphatic heterocycles. The number of esters is 1. The van der Waals surface area contributed by atoms with Crippen molar-refractivity contribution in [1.82, 2.24) is 9.97 Å². The van der Waals surface area contributed by atoms with Gasteiger partial charge in [0.05, 0.1) is 12.7 Å². The Morgan fingerprint density at radius 1 is 1.04 bits per heavy atom. The van der Waals surface area contributed by atoms with Crippen LogP contribution in [0.15, 0.2) is 79.3 Å². The molecule has 140 valence electrons. The van der Waals surface area contributed by atoms with E-state index in [9.17, 15) is 4.79 Å². The summed E-state index contributed by atoms with van der Waals surface area (Å²) in [4.78, 5) is 19.6. The second-order valence-electron chi connectivity index (χ2n) is 6.95. The molecule has 4 aromatic rings. The number of hydrogen-bond donors (Lipinski definition) is 1. The van der Waals surface area contributed by atoms with E-state index in [0.717, 1.165) is 27.6 Å². The van der Waals surface area contributed by atoms with Gasteiger partial charge < -0.3 is 9.72 Å². The molecule has 0 saturated carbocycles. The summed E-state index contributed by atoms with van der Waals surface area (Å²) in [7, 11) is 0. The highest BCUT2D eigenvalue weighted by atomic mass is 16.5. The van der Waals surface area contributed by atoms with Crippen molar-refractivity contribution >= 4 is 16.7 Å². The molecule has 0 spiro atoms. The number of nitrogens with zero attached hydrogens (tertiary/aromatic N) is 1. The van der Waals surface area contributed by atoms with Crippen LogP contribution in [0.3, 0.4) is 0 Å². The third-order valence-electron chi connectivity index (χ3n) is 5.02. The molecule has 28 heavy (non-hydrogen) atoms. The summed E-state index contributed by atoms with van der Waals surface area (Å²) in [6.07, 6.45) is 3.81. The Labute approximate surface area is 164 Å². The Morgan fingerprint density at radius 2 is 1.89 bits per heavy atom. The largest absolute Gasteiger partial charge is 0.461 e. The first-order chi connectivity index (χ1) is 13.7. The Hall–Kier alpha value is -3.40. The van der Waals surface area contributed by atoms with Gasteiger partial charge in [0.15, 0.2) is 0 Å². The number of benzene rings is 3. The fourth-order valence-electron chi connectivity index (χ4n) is 3.46. The van der Waals surface area contributed by atoms with E-state index in [0.29, 0.717) is 6.61 Å². The van der Waals surface area contributed by atoms with Gasteiger partial charge in [0.25, 0.3) is 0 Å². The van der Waals surface area contributed by atoms with Gasteiger partial charge in [-0.15, -0.1) is 0 Å². The summed E-state index contributed by atoms with van der Waals surface area (Å²) < 4.78 is 5.43. The molecule has 1 N–H and O–H groups in total. The molecule has 0 amide bonds. The average Bonchev–Trinajstić information content (AvgIpc) is 3.27. The van der Waals surface area contributed by atoms with Crippen LogP contribution in [0, 0.1) is 0 Å². The van der Waals surface area contributed by atoms with Gasteiger partial charge >= 0.3 is 5.97 Å². The zero-order chi connectivity index (χ0) is 19.3. The molecular formula is C24H22N2O2. The first-order valence-corrected chi connectivity index (χ1v) is 9.40. The van der Waals surface area contributed by atoms with Crippen LogP contribution in [0.2, 0.25) is 0 Å². The van der Waals surface area contributed by atoms with E-state index in [2.05, 4.69) is 47.2 Å². The summed E-state index contributed by atoms with van der Waals surface area (Å²) in [6.45, 7) is 2.46. The molecule has 4 rings (SSSR count). The molecule has 1 aromatic heterocycles. The average molecular weight is 370 g/mol. The maximum absolute atomic E-state index is 12.3. The normalized spacial score (nSPS) is 12.0. The minimum Gasteiger partial charge on any atom is -0.461 e. The van der Waals surface area contributed by atoms with E-state index in [1.165, 1.54) is 5.56 Å². The molecule has 0 aliphatic rings. The van der Waals surface area contributed by atoms with Gasteiger partial charge in [-0.1, -0.05) is 73.7 Å². The molecule has 0 bridgehead atoms. The molecule has 1 atom stereocenters. The van der Waals surface area contributed by atoms with Crippen LogP contribution < -0.4 is 0 Å². The first kappa shape index (κ1) is 18.0. The maximum atomic E-state index is 12.3. The van der Waals surface area contributed by atoms with Crippen molar-refractivity contribution in [2.24, 2.45) is 0 Å². The van der Waals surface area contributed by atoms with Gasteiger partial charge in [0.2, 0.25) is 0 Å². The summed E-state index contributed by atoms with van der Waals surface area (Å²) in [5.74, 6) is -0.0335. The van der Waals surface area contributed by atoms with Crippen LogP contribution in [0.1, 0.15) is 35.2 Å². The number of carbonyl (C=O) groups is 1. The highest BCUT2D eigenvalue weighted by Gasteiger charge is 2.14. The SMILES string of the molecule is CC(c1cnc[nH]1)c1cccc2ccc(CC(=O)OCc3ccccc3)cc12. The van der Waals surface area contributed by atoms with Crippen LogP contribution >= 0.6 is 0 Å². The second kappa shape index (κ2) is 8.09. The fraction of sp³-hybridized carbons (Fsp3) is 0.167. The van der Waals surface area contributed by atoms with Gasteiger partial charge in [-0.25, -0.2) is 4.98 Å². The zero-order valence-corrected chi connectivity index (χ0v) is 15.8. The molecule has 1 unspecified atom stereocenters. The molecule has 0 saturated heterocycles. The summed E-state index contributed by atoms with van der Waals surface area (Å²) in [5.41, 5.74) is 4.22. The van der Waals surface area contributed by atoms with Gasteiger partial charge in [-0.05, 0) is 27.5 Å². The predicted molar refractivity (Wildman–Crippen MR) is 110 cm³/mol. The number of hydrogen-bond acceptors (Lipinski definition) is 3. The molecule has 3 aromatic carbocycles. The lowest BCUT2D eigenvalue weighted by Gasteiger charge is -2.14. The smallest absolute Gasteiger partial charge is 0.310 e. The van der Waals surface area contributed by atoms with E-state index in [4.69, 9.17) is 4.74 Å². The highest BCUT2D eigenvalue weighted by Crippen LogP contribution is 2.30. The monoisotopic (exact) mass is 370 g/mol. The van der Waals surface area contributed by atoms with Crippen LogP contribution in [0.5, 0.6) is 0 Å². The third-order valence-corrected chi connectivity index (χ3v) is 5.02. The van der Waals surface area contributed by atoms with Gasteiger partial charge in [-0.3, -0.25) is 4.79 Å². The van der Waals surface area contributed by atoms with Crippen molar-refractivity contribution in [2.75, 3.05) is 0 Å². The van der Waals surface area contributed by atoms with Crippen LogP contribution in [-0.2, 0) is 22.6 Å². The van der Waals surface area contributed by atoms with Crippen molar-refractivity contribution in [2.45, 2.75) is 25.9 Å². The quantitative estimate of drug-likeness (QED) is 0.486. The number of rotatable bonds is 6. The maximum Gasteiger partial charge on any atom is 0.310 e. The summed E-state index contributed by atoms with van der Waals surface area (Å²) in [6, 6.07) is 22.2. The zero-order valence-electron chi connectivity index (χ0n) is 15.8. The number of fused-ring (bicyclic) bond motifs is 1. The van der Waals surface area contributed by atoms with E-state index < -0.39 is 0 Å². The number of carbonyl (C=O) groups excluding carboxylic acids is 1. The lowest BCUT2D eigenvalue weighted by atomic mass is 9.91. The standard InChI is InChI=1S/C24H22N2O2/c1-17(23-14-25-16-26-23)21-9-5-8-20-11-10-19(12-22(20)21)13-24(27)28-15-18-6-3-2-4-7-18/h2-12,14,16-17H,13,15H2,1H3,(H,25,26). The van der Waals surface area contributed by atoms with Crippen molar-refractivity contribution in [3.05, 3.63) is 102 Å². The lowest BCUT2D eigenvalue weighted by molar-refractivity contribution is -0.144. The van der Waals surface area contributed by atoms with E-state index in [1.807, 2.05) is 42.6 Å². The molecular weight excluding hydrogens is 348 g/mol. The first-order valence-electron chi connectivity index (χ1n) is 9.40. The van der Waals surface area contributed by atoms with E-state index in [-0.39, 0.29) is 18.3 Å². The number of H-pyrrole nitrogens is 1. The number of nitrogens with one attached hydrogen (secondary N) is 1. The lowest BCUT2D eigenvalue weighted by Crippen LogP contribution is -2.08. The Morgan fingerprint density at radius 3 is 2.68 bits per heavy atom. The minimum atomic E-state index is -0.220. The van der Waals surface area contributed by atoms with Crippen molar-refractivity contribution in [3.8, 4) is 0 Å². The Bertz CT molecular complexity index is 1070. The van der Waals surface area contributed by atoms with Crippen molar-refractivity contribution in [1.29, 1.82) is 0 Å². The van der Waals surface area contributed by atoms with Gasteiger partial charge in [-0.2, -0.15) is 0 Å². The number of ether oxygens (including phenoxy) is 1. The molecule has 0 fully saturated rings. The predicted octanol–water partition coefficient (Wildman–Crippen LogP) is 5.00. The highest BCUT2D eigenvalue weighted by molar-refractivity contribution is 5.88. The number of imidazole rings is 1. The second-order valence-corrected chi connectivity index (χ2v) is 6.95. The minimum absolute atomic E-state index is 0.187. The topological polar surface area (TPSA) is 55.0 Å². The van der Waals surface area contributed by atoms with Crippen molar-refractivity contribution in [3.63, 3.8) is 0 Å². The molecule has 1 heterocycles. The van der Waals surface area contributed by atoms with Crippen LogP contribution in [0.25, 0.3) is 10.8 Å². The fourth-order valence-corrected chi connectivity index (χ4v) is 3.46. The summed E-state index contributed by atoms with van der Waals surface area (Å²) >= 11 is 0. The number of aromatic amines is 1. The molecule has 0 aliphatic carbocycles. The molecule has 4 nitrogen and oxygen atoms in total. The van der Waals surface area contributed by atoms with E-state index >= 15 is 0 Å². The van der Waals surface area contributed by atoms with Crippen LogP contribution in [0.4, 0.5) is 0 Å². The molecule has 4 heteroatoms. The molecule has 0 radical (unpaired) electrons. The van der Waals surface area contributed by atoms with E-state index in [1.54, 1.807) is 6.33 Å². The van der Waals surface area contributed by atoms with Crippen molar-refractivity contribution < 1.29 is 9.53 Å². The van der Waals surface area contributed by atoms with Gasteiger partial charge in [0, 0.05) is 17.8 Å². The Balaban J connectivity index is 1.53.